The normalized spacial score (nSPS) is 38.5. The van der Waals surface area contributed by atoms with Crippen molar-refractivity contribution in [2.45, 2.75) is 117 Å². The molecule has 12 heteroatoms. The molecule has 0 aromatic carbocycles. The fraction of sp³-hybridized carbons (Fsp3) is 0.750. The molecule has 1 saturated heterocycles. The van der Waals surface area contributed by atoms with Gasteiger partial charge in [0, 0.05) is 36.7 Å². The van der Waals surface area contributed by atoms with Gasteiger partial charge in [0.1, 0.15) is 24.0 Å². The highest BCUT2D eigenvalue weighted by Gasteiger charge is 2.44. The predicted octanol–water partition coefficient (Wildman–Crippen LogP) is 4.92. The van der Waals surface area contributed by atoms with Crippen LogP contribution in [0.3, 0.4) is 0 Å². The third kappa shape index (κ3) is 8.83. The summed E-state index contributed by atoms with van der Waals surface area (Å²) in [5, 5.41) is 0. The SMILES string of the molecule is CC[C@H]1OC(=O)[C@H](C)C(=O)[C@H](C)[C@@H](O[C@H]2C[C@@H](N(C)C)C[C@@H](C)O2)[C@@H](C)C[C@@H](C)C(=O)/C(C)=C/[C@]1(C)OP(O)n1ccnc1. The second-order valence-electron chi connectivity index (χ2n) is 13.1. The third-order valence-corrected chi connectivity index (χ3v) is 10.3. The Balaban J connectivity index is 1.98. The van der Waals surface area contributed by atoms with Crippen molar-refractivity contribution in [3.63, 3.8) is 0 Å². The number of ether oxygens (including phenoxy) is 3. The van der Waals surface area contributed by atoms with Gasteiger partial charge >= 0.3 is 5.97 Å². The number of carbonyl (C=O) groups is 3. The average molecular weight is 638 g/mol. The first-order valence-electron chi connectivity index (χ1n) is 15.7. The minimum Gasteiger partial charge on any atom is -0.458 e. The fourth-order valence-electron chi connectivity index (χ4n) is 6.46. The molecule has 0 amide bonds. The summed E-state index contributed by atoms with van der Waals surface area (Å²) < 4.78 is 26.3. The first-order chi connectivity index (χ1) is 20.6. The fourth-order valence-corrected chi connectivity index (χ4v) is 7.40. The number of nitrogens with zero attached hydrogens (tertiary/aromatic N) is 3. The molecule has 248 valence electrons. The Morgan fingerprint density at radius 2 is 1.82 bits per heavy atom. The van der Waals surface area contributed by atoms with E-state index >= 15 is 0 Å². The van der Waals surface area contributed by atoms with Crippen LogP contribution in [0.25, 0.3) is 0 Å². The van der Waals surface area contributed by atoms with Crippen LogP contribution in [0.1, 0.15) is 81.1 Å². The van der Waals surface area contributed by atoms with Gasteiger partial charge in [-0.2, -0.15) is 0 Å². The Hall–Kier alpha value is -2.01. The van der Waals surface area contributed by atoms with E-state index < -0.39 is 56.3 Å². The molecule has 1 fully saturated rings. The van der Waals surface area contributed by atoms with Gasteiger partial charge in [0.05, 0.1) is 12.2 Å². The molecule has 1 aromatic rings. The monoisotopic (exact) mass is 637 g/mol. The number of hydrogen-bond acceptors (Lipinski definition) is 10. The number of esters is 1. The van der Waals surface area contributed by atoms with Crippen molar-refractivity contribution in [1.82, 2.24) is 14.2 Å². The standard InChI is InChI=1S/C32H52N3O8P/c1-11-26-32(8,43-44(39)35-13-12-33-18-35)17-21(4)28(36)19(2)14-20(3)30(23(6)29(37)24(7)31(38)41-26)42-27-16-25(34(9)10)15-22(5)40-27/h12-13,17-20,22-27,30,39H,11,14-16H2,1-10H3/b21-17+/t19-,20+,22-,23+,24-,25+,26-,27+,30+,32+,44?/m1/s1. The van der Waals surface area contributed by atoms with Crippen LogP contribution in [0.2, 0.25) is 0 Å². The summed E-state index contributed by atoms with van der Waals surface area (Å²) in [5.74, 6) is -3.44. The highest BCUT2D eigenvalue weighted by atomic mass is 31.2. The smallest absolute Gasteiger partial charge is 0.316 e. The van der Waals surface area contributed by atoms with E-state index in [-0.39, 0.29) is 29.6 Å². The van der Waals surface area contributed by atoms with Crippen LogP contribution >= 0.6 is 8.53 Å². The topological polar surface area (TPSA) is 129 Å². The van der Waals surface area contributed by atoms with Gasteiger partial charge in [0.2, 0.25) is 0 Å². The lowest BCUT2D eigenvalue weighted by molar-refractivity contribution is -0.236. The summed E-state index contributed by atoms with van der Waals surface area (Å²) in [6.45, 7) is 14.4. The molecule has 3 rings (SSSR count). The Morgan fingerprint density at radius 3 is 2.41 bits per heavy atom. The van der Waals surface area contributed by atoms with Crippen LogP contribution < -0.4 is 0 Å². The Labute approximate surface area is 263 Å². The van der Waals surface area contributed by atoms with Gasteiger partial charge in [-0.3, -0.25) is 18.7 Å². The summed E-state index contributed by atoms with van der Waals surface area (Å²) in [7, 11) is 1.86. The zero-order valence-electron chi connectivity index (χ0n) is 27.9. The van der Waals surface area contributed by atoms with Crippen LogP contribution in [0, 0.1) is 23.7 Å². The van der Waals surface area contributed by atoms with Crippen LogP contribution in [0.4, 0.5) is 0 Å². The Bertz CT molecular complexity index is 1160. The first kappa shape index (κ1) is 36.5. The maximum Gasteiger partial charge on any atom is 0.316 e. The lowest BCUT2D eigenvalue weighted by Gasteiger charge is -2.41. The number of hydrogen-bond donors (Lipinski definition) is 1. The number of aromatic nitrogens is 2. The number of ketones is 2. The molecule has 0 radical (unpaired) electrons. The summed E-state index contributed by atoms with van der Waals surface area (Å²) in [6, 6.07) is 0.266. The van der Waals surface area contributed by atoms with Crippen LogP contribution in [-0.4, -0.2) is 87.0 Å². The quantitative estimate of drug-likeness (QED) is 0.250. The number of allylic oxidation sites excluding steroid dienone is 1. The first-order valence-corrected chi connectivity index (χ1v) is 16.9. The van der Waals surface area contributed by atoms with Gasteiger partial charge in [0.25, 0.3) is 8.53 Å². The van der Waals surface area contributed by atoms with E-state index in [1.165, 1.54) is 16.9 Å². The minimum absolute atomic E-state index is 0.0145. The van der Waals surface area contributed by atoms with Gasteiger partial charge in [-0.1, -0.05) is 27.7 Å². The highest BCUT2D eigenvalue weighted by molar-refractivity contribution is 7.44. The van der Waals surface area contributed by atoms with Crippen molar-refractivity contribution in [1.29, 1.82) is 0 Å². The summed E-state index contributed by atoms with van der Waals surface area (Å²) in [6.07, 6.45) is 6.43. The summed E-state index contributed by atoms with van der Waals surface area (Å²) in [4.78, 5) is 58.1. The number of rotatable bonds is 7. The summed E-state index contributed by atoms with van der Waals surface area (Å²) in [5.41, 5.74) is -0.941. The molecule has 0 spiro atoms. The summed E-state index contributed by atoms with van der Waals surface area (Å²) >= 11 is 0. The lowest BCUT2D eigenvalue weighted by Crippen LogP contribution is -2.48. The Kier molecular flexibility index (Phi) is 12.9. The minimum atomic E-state index is -2.21. The molecule has 1 N–H and O–H groups in total. The maximum atomic E-state index is 13.9. The molecule has 0 saturated carbocycles. The van der Waals surface area contributed by atoms with Gasteiger partial charge in [0.15, 0.2) is 17.9 Å². The van der Waals surface area contributed by atoms with Crippen molar-refractivity contribution in [2.75, 3.05) is 14.1 Å². The van der Waals surface area contributed by atoms with Crippen molar-refractivity contribution < 1.29 is 38.0 Å². The van der Waals surface area contributed by atoms with Crippen molar-refractivity contribution in [2.24, 2.45) is 23.7 Å². The molecule has 1 unspecified atom stereocenters. The molecular weight excluding hydrogens is 585 g/mol. The van der Waals surface area contributed by atoms with Crippen LogP contribution in [0.15, 0.2) is 30.4 Å². The van der Waals surface area contributed by atoms with Crippen molar-refractivity contribution in [3.05, 3.63) is 30.4 Å². The van der Waals surface area contributed by atoms with E-state index in [9.17, 15) is 19.3 Å². The predicted molar refractivity (Wildman–Crippen MR) is 167 cm³/mol. The molecule has 2 aliphatic heterocycles. The van der Waals surface area contributed by atoms with E-state index in [2.05, 4.69) is 9.88 Å². The van der Waals surface area contributed by atoms with Crippen LogP contribution in [0.5, 0.6) is 0 Å². The molecule has 44 heavy (non-hydrogen) atoms. The largest absolute Gasteiger partial charge is 0.458 e. The lowest BCUT2D eigenvalue weighted by atomic mass is 9.80. The van der Waals surface area contributed by atoms with Crippen molar-refractivity contribution >= 4 is 26.1 Å². The third-order valence-electron chi connectivity index (χ3n) is 9.07. The molecule has 0 aliphatic carbocycles. The number of Topliss-reactive ketones (excluding diaryl/α,β-unsaturated/α-hetero) is 2. The number of imidazole rings is 1. The molecule has 3 heterocycles. The van der Waals surface area contributed by atoms with E-state index in [0.717, 1.165) is 6.42 Å². The molecule has 0 bridgehead atoms. The number of carbonyl (C=O) groups excluding carboxylic acids is 3. The van der Waals surface area contributed by atoms with E-state index in [1.54, 1.807) is 40.0 Å². The van der Waals surface area contributed by atoms with Gasteiger partial charge in [-0.25, -0.2) is 4.98 Å². The van der Waals surface area contributed by atoms with E-state index in [0.29, 0.717) is 24.8 Å². The van der Waals surface area contributed by atoms with E-state index in [4.69, 9.17) is 18.7 Å². The Morgan fingerprint density at radius 1 is 1.14 bits per heavy atom. The van der Waals surface area contributed by atoms with Gasteiger partial charge in [-0.15, -0.1) is 0 Å². The average Bonchev–Trinajstić information content (AvgIpc) is 3.51. The zero-order valence-corrected chi connectivity index (χ0v) is 28.8. The van der Waals surface area contributed by atoms with Crippen molar-refractivity contribution in [3.8, 4) is 0 Å². The van der Waals surface area contributed by atoms with Crippen LogP contribution in [-0.2, 0) is 33.1 Å². The number of cyclic esters (lactones) is 1. The molecule has 11 nitrogen and oxygen atoms in total. The second-order valence-corrected chi connectivity index (χ2v) is 14.2. The maximum absolute atomic E-state index is 13.9. The zero-order chi connectivity index (χ0) is 32.9. The highest BCUT2D eigenvalue weighted by Crippen LogP contribution is 2.43. The molecule has 2 aliphatic rings. The molecule has 1 aromatic heterocycles. The van der Waals surface area contributed by atoms with E-state index in [1.807, 2.05) is 41.8 Å². The van der Waals surface area contributed by atoms with Gasteiger partial charge < -0.3 is 28.5 Å². The second kappa shape index (κ2) is 15.5. The molecule has 11 atom stereocenters. The van der Waals surface area contributed by atoms with Gasteiger partial charge in [-0.05, 0) is 78.6 Å². The molecular formula is C32H52N3O8P.